The van der Waals surface area contributed by atoms with E-state index in [0.29, 0.717) is 12.0 Å². The van der Waals surface area contributed by atoms with Gasteiger partial charge in [-0.3, -0.25) is 0 Å². The zero-order valence-electron chi connectivity index (χ0n) is 11.1. The van der Waals surface area contributed by atoms with Crippen LogP contribution in [-0.2, 0) is 6.54 Å². The highest BCUT2D eigenvalue weighted by molar-refractivity contribution is 9.10. The third kappa shape index (κ3) is 2.74. The fourth-order valence-corrected chi connectivity index (χ4v) is 3.50. The van der Waals surface area contributed by atoms with Gasteiger partial charge in [-0.2, -0.15) is 11.3 Å². The average Bonchev–Trinajstić information content (AvgIpc) is 3.35. The van der Waals surface area contributed by atoms with E-state index in [1.807, 2.05) is 0 Å². The largest absolute Gasteiger partial charge is 0.349 e. The molecule has 0 saturated heterocycles. The van der Waals surface area contributed by atoms with Crippen molar-refractivity contribution in [1.29, 1.82) is 0 Å². The molecule has 0 atom stereocenters. The summed E-state index contributed by atoms with van der Waals surface area (Å²) in [6.45, 7) is 0.960. The van der Waals surface area contributed by atoms with Crippen molar-refractivity contribution in [3.63, 3.8) is 0 Å². The molecule has 0 amide bonds. The van der Waals surface area contributed by atoms with Gasteiger partial charge in [0.1, 0.15) is 16.2 Å². The van der Waals surface area contributed by atoms with E-state index in [-0.39, 0.29) is 0 Å². The fraction of sp³-hybridized carbons (Fsp3) is 0.467. The lowest BCUT2D eigenvalue weighted by Crippen LogP contribution is -2.26. The molecule has 2 heterocycles. The Labute approximate surface area is 131 Å². The van der Waals surface area contributed by atoms with Crippen LogP contribution in [0.4, 0.5) is 5.82 Å². The van der Waals surface area contributed by atoms with Gasteiger partial charge in [0.2, 0.25) is 0 Å². The summed E-state index contributed by atoms with van der Waals surface area (Å²) < 4.78 is 0.917. The van der Waals surface area contributed by atoms with E-state index in [9.17, 15) is 0 Å². The van der Waals surface area contributed by atoms with Gasteiger partial charge < -0.3 is 4.90 Å². The third-order valence-corrected chi connectivity index (χ3v) is 4.99. The number of anilines is 1. The Bertz CT molecular complexity index is 606. The van der Waals surface area contributed by atoms with Gasteiger partial charge in [-0.15, -0.1) is 0 Å². The molecule has 2 aromatic heterocycles. The molecule has 104 valence electrons. The van der Waals surface area contributed by atoms with Crippen molar-refractivity contribution < 1.29 is 0 Å². The number of halogens is 1. The molecule has 0 radical (unpaired) electrons. The number of thiophene rings is 1. The minimum absolute atomic E-state index is 0.591. The van der Waals surface area contributed by atoms with E-state index in [0.717, 1.165) is 22.8 Å². The molecular formula is C15H16BrN3S. The number of hydrogen-bond donors (Lipinski definition) is 0. The molecule has 3 nitrogen and oxygen atoms in total. The molecule has 2 aliphatic rings. The number of aromatic nitrogens is 2. The van der Waals surface area contributed by atoms with Gasteiger partial charge in [-0.1, -0.05) is 0 Å². The molecule has 0 unspecified atom stereocenters. The first kappa shape index (κ1) is 12.8. The van der Waals surface area contributed by atoms with E-state index in [1.54, 1.807) is 11.3 Å². The Morgan fingerprint density at radius 2 is 2.10 bits per heavy atom. The maximum absolute atomic E-state index is 4.83. The molecule has 2 saturated carbocycles. The first-order valence-electron chi connectivity index (χ1n) is 7.12. The highest BCUT2D eigenvalue weighted by Crippen LogP contribution is 2.40. The van der Waals surface area contributed by atoms with Gasteiger partial charge in [-0.25, -0.2) is 9.97 Å². The SMILES string of the molecule is Brc1cc(N(Cc2ccsc2)C2CC2)nc(C2CC2)n1. The lowest BCUT2D eigenvalue weighted by molar-refractivity contribution is 0.764. The van der Waals surface area contributed by atoms with Crippen molar-refractivity contribution >= 4 is 33.1 Å². The number of rotatable bonds is 5. The maximum atomic E-state index is 4.83. The Kier molecular flexibility index (Phi) is 3.27. The Hall–Kier alpha value is -0.940. The van der Waals surface area contributed by atoms with Crippen LogP contribution in [0.2, 0.25) is 0 Å². The highest BCUT2D eigenvalue weighted by atomic mass is 79.9. The molecule has 0 aliphatic heterocycles. The lowest BCUT2D eigenvalue weighted by Gasteiger charge is -2.23. The normalized spacial score (nSPS) is 18.2. The summed E-state index contributed by atoms with van der Waals surface area (Å²) >= 11 is 5.31. The summed E-state index contributed by atoms with van der Waals surface area (Å²) in [6, 6.07) is 4.93. The van der Waals surface area contributed by atoms with Gasteiger partial charge in [-0.05, 0) is 64.0 Å². The van der Waals surface area contributed by atoms with Crippen LogP contribution in [0.5, 0.6) is 0 Å². The fourth-order valence-electron chi connectivity index (χ4n) is 2.46. The molecule has 0 spiro atoms. The molecule has 4 rings (SSSR count). The van der Waals surface area contributed by atoms with Crippen LogP contribution in [0.15, 0.2) is 27.5 Å². The number of hydrogen-bond acceptors (Lipinski definition) is 4. The van der Waals surface area contributed by atoms with E-state index in [4.69, 9.17) is 4.98 Å². The molecule has 0 aromatic carbocycles. The Balaban J connectivity index is 1.65. The van der Waals surface area contributed by atoms with Crippen LogP contribution in [0.25, 0.3) is 0 Å². The van der Waals surface area contributed by atoms with Crippen LogP contribution >= 0.6 is 27.3 Å². The summed E-state index contributed by atoms with van der Waals surface area (Å²) in [5.74, 6) is 2.70. The van der Waals surface area contributed by atoms with E-state index in [2.05, 4.69) is 48.7 Å². The smallest absolute Gasteiger partial charge is 0.135 e. The van der Waals surface area contributed by atoms with Crippen molar-refractivity contribution in [3.8, 4) is 0 Å². The topological polar surface area (TPSA) is 29.0 Å². The molecule has 2 aliphatic carbocycles. The molecule has 20 heavy (non-hydrogen) atoms. The second kappa shape index (κ2) is 5.11. The van der Waals surface area contributed by atoms with Crippen LogP contribution in [0, 0.1) is 0 Å². The molecule has 5 heteroatoms. The predicted octanol–water partition coefficient (Wildman–Crippen LogP) is 4.35. The number of nitrogens with zero attached hydrogens (tertiary/aromatic N) is 3. The molecule has 2 fully saturated rings. The van der Waals surface area contributed by atoms with Gasteiger partial charge in [0.25, 0.3) is 0 Å². The van der Waals surface area contributed by atoms with Crippen molar-refractivity contribution in [2.45, 2.75) is 44.2 Å². The second-order valence-electron chi connectivity index (χ2n) is 5.67. The molecule has 2 aromatic rings. The van der Waals surface area contributed by atoms with Gasteiger partial charge in [0, 0.05) is 24.6 Å². The van der Waals surface area contributed by atoms with Crippen LogP contribution in [0.3, 0.4) is 0 Å². The van der Waals surface area contributed by atoms with Gasteiger partial charge >= 0.3 is 0 Å². The van der Waals surface area contributed by atoms with Crippen LogP contribution < -0.4 is 4.90 Å². The first-order chi connectivity index (χ1) is 9.79. The minimum atomic E-state index is 0.591. The van der Waals surface area contributed by atoms with Crippen LogP contribution in [0.1, 0.15) is 43.0 Å². The first-order valence-corrected chi connectivity index (χ1v) is 8.85. The van der Waals surface area contributed by atoms with E-state index < -0.39 is 0 Å². The van der Waals surface area contributed by atoms with Gasteiger partial charge in [0.05, 0.1) is 0 Å². The van der Waals surface area contributed by atoms with Crippen molar-refractivity contribution in [3.05, 3.63) is 38.9 Å². The maximum Gasteiger partial charge on any atom is 0.135 e. The van der Waals surface area contributed by atoms with Crippen molar-refractivity contribution in [1.82, 2.24) is 9.97 Å². The summed E-state index contributed by atoms with van der Waals surface area (Å²) in [5, 5.41) is 4.37. The molecule has 0 bridgehead atoms. The Morgan fingerprint density at radius 1 is 1.25 bits per heavy atom. The molecular weight excluding hydrogens is 334 g/mol. The molecule has 0 N–H and O–H groups in total. The van der Waals surface area contributed by atoms with Gasteiger partial charge in [0.15, 0.2) is 0 Å². The van der Waals surface area contributed by atoms with Crippen molar-refractivity contribution in [2.24, 2.45) is 0 Å². The third-order valence-electron chi connectivity index (χ3n) is 3.86. The second-order valence-corrected chi connectivity index (χ2v) is 7.26. The lowest BCUT2D eigenvalue weighted by atomic mass is 10.3. The zero-order chi connectivity index (χ0) is 13.5. The predicted molar refractivity (Wildman–Crippen MR) is 85.2 cm³/mol. The average molecular weight is 350 g/mol. The van der Waals surface area contributed by atoms with Crippen molar-refractivity contribution in [2.75, 3.05) is 4.90 Å². The van der Waals surface area contributed by atoms with E-state index in [1.165, 1.54) is 31.2 Å². The van der Waals surface area contributed by atoms with E-state index >= 15 is 0 Å². The summed E-state index contributed by atoms with van der Waals surface area (Å²) in [6.07, 6.45) is 5.04. The standard InChI is InChI=1S/C15H16BrN3S/c16-13-7-14(18-15(17-13)11-1-2-11)19(12-3-4-12)8-10-5-6-20-9-10/h5-7,9,11-12H,1-4,8H2. The Morgan fingerprint density at radius 3 is 2.75 bits per heavy atom. The monoisotopic (exact) mass is 349 g/mol. The minimum Gasteiger partial charge on any atom is -0.349 e. The summed E-state index contributed by atoms with van der Waals surface area (Å²) in [5.41, 5.74) is 1.38. The zero-order valence-corrected chi connectivity index (χ0v) is 13.5. The summed E-state index contributed by atoms with van der Waals surface area (Å²) in [4.78, 5) is 11.8. The highest BCUT2D eigenvalue weighted by Gasteiger charge is 2.32. The quantitative estimate of drug-likeness (QED) is 0.751. The van der Waals surface area contributed by atoms with Crippen LogP contribution in [-0.4, -0.2) is 16.0 Å². The summed E-state index contributed by atoms with van der Waals surface area (Å²) in [7, 11) is 0.